The summed E-state index contributed by atoms with van der Waals surface area (Å²) in [6, 6.07) is 3.56. The zero-order valence-corrected chi connectivity index (χ0v) is 9.24. The molecule has 1 N–H and O–H groups in total. The van der Waals surface area contributed by atoms with E-state index in [1.165, 1.54) is 6.08 Å². The van der Waals surface area contributed by atoms with E-state index in [-0.39, 0.29) is 5.91 Å². The Hall–Kier alpha value is -2.30. The molecule has 2 aromatic heterocycles. The molecule has 5 nitrogen and oxygen atoms in total. The van der Waals surface area contributed by atoms with Crippen LogP contribution in [-0.2, 0) is 11.3 Å². The molecule has 2 aromatic rings. The van der Waals surface area contributed by atoms with Gasteiger partial charge in [-0.2, -0.15) is 0 Å². The van der Waals surface area contributed by atoms with E-state index < -0.39 is 0 Å². The summed E-state index contributed by atoms with van der Waals surface area (Å²) in [5, 5.41) is 2.77. The Morgan fingerprint density at radius 2 is 2.53 bits per heavy atom. The highest BCUT2D eigenvalue weighted by atomic mass is 16.3. The van der Waals surface area contributed by atoms with Crippen molar-refractivity contribution in [1.82, 2.24) is 14.9 Å². The summed E-state index contributed by atoms with van der Waals surface area (Å²) in [7, 11) is 0. The van der Waals surface area contributed by atoms with Crippen molar-refractivity contribution in [3.63, 3.8) is 0 Å². The predicted octanol–water partition coefficient (Wildman–Crippen LogP) is 1.31. The average Bonchev–Trinajstić information content (AvgIpc) is 2.99. The van der Waals surface area contributed by atoms with Crippen LogP contribution in [0.2, 0.25) is 0 Å². The van der Waals surface area contributed by atoms with Gasteiger partial charge in [-0.3, -0.25) is 4.79 Å². The lowest BCUT2D eigenvalue weighted by molar-refractivity contribution is -0.116. The number of aromatic nitrogens is 2. The molecule has 0 saturated carbocycles. The van der Waals surface area contributed by atoms with Crippen molar-refractivity contribution in [3.05, 3.63) is 49.0 Å². The third-order valence-electron chi connectivity index (χ3n) is 2.17. The number of imidazole rings is 1. The van der Waals surface area contributed by atoms with Crippen LogP contribution in [0.3, 0.4) is 0 Å². The average molecular weight is 231 g/mol. The number of amides is 1. The van der Waals surface area contributed by atoms with Gasteiger partial charge < -0.3 is 14.3 Å². The van der Waals surface area contributed by atoms with Crippen LogP contribution in [-0.4, -0.2) is 22.0 Å². The van der Waals surface area contributed by atoms with Gasteiger partial charge in [-0.25, -0.2) is 4.98 Å². The summed E-state index contributed by atoms with van der Waals surface area (Å²) in [6.45, 7) is 1.28. The number of carbonyl (C=O) groups excluding carboxylic acids is 1. The second kappa shape index (κ2) is 5.69. The van der Waals surface area contributed by atoms with E-state index in [0.717, 1.165) is 0 Å². The topological polar surface area (TPSA) is 60.1 Å². The van der Waals surface area contributed by atoms with Gasteiger partial charge in [0.15, 0.2) is 0 Å². The molecule has 1 amide bonds. The largest absolute Gasteiger partial charge is 0.465 e. The fraction of sp³-hybridized carbons (Fsp3) is 0.167. The zero-order chi connectivity index (χ0) is 11.9. The molecule has 0 spiro atoms. The van der Waals surface area contributed by atoms with Crippen LogP contribution in [0.4, 0.5) is 0 Å². The lowest BCUT2D eigenvalue weighted by Gasteiger charge is -2.02. The second-order valence-corrected chi connectivity index (χ2v) is 3.44. The number of hydrogen-bond donors (Lipinski definition) is 1. The Morgan fingerprint density at radius 1 is 1.59 bits per heavy atom. The van der Waals surface area contributed by atoms with Crippen LogP contribution < -0.4 is 5.32 Å². The van der Waals surface area contributed by atoms with Crippen molar-refractivity contribution in [3.8, 4) is 0 Å². The van der Waals surface area contributed by atoms with E-state index in [1.54, 1.807) is 37.0 Å². The molecule has 0 aromatic carbocycles. The monoisotopic (exact) mass is 231 g/mol. The first-order valence-electron chi connectivity index (χ1n) is 5.30. The zero-order valence-electron chi connectivity index (χ0n) is 9.24. The molecule has 0 saturated heterocycles. The Labute approximate surface area is 98.8 Å². The van der Waals surface area contributed by atoms with Crippen LogP contribution in [0.15, 0.2) is 47.6 Å². The maximum absolute atomic E-state index is 11.4. The maximum Gasteiger partial charge on any atom is 0.244 e. The SMILES string of the molecule is O=C(C=Cc1ccco1)NCCn1ccnc1. The molecule has 0 aliphatic rings. The normalized spacial score (nSPS) is 10.8. The molecule has 0 atom stereocenters. The Kier molecular flexibility index (Phi) is 3.75. The van der Waals surface area contributed by atoms with Gasteiger partial charge in [0.1, 0.15) is 5.76 Å². The van der Waals surface area contributed by atoms with Crippen molar-refractivity contribution in [2.75, 3.05) is 6.54 Å². The van der Waals surface area contributed by atoms with Gasteiger partial charge in [0.05, 0.1) is 12.6 Å². The molecule has 2 rings (SSSR count). The number of furan rings is 1. The van der Waals surface area contributed by atoms with Crippen molar-refractivity contribution in [1.29, 1.82) is 0 Å². The highest BCUT2D eigenvalue weighted by Crippen LogP contribution is 2.01. The van der Waals surface area contributed by atoms with Crippen molar-refractivity contribution < 1.29 is 9.21 Å². The summed E-state index contributed by atoms with van der Waals surface area (Å²) in [5.74, 6) is 0.524. The number of rotatable bonds is 5. The predicted molar refractivity (Wildman–Crippen MR) is 63.0 cm³/mol. The van der Waals surface area contributed by atoms with Gasteiger partial charge in [0, 0.05) is 31.6 Å². The molecular formula is C12H13N3O2. The first-order chi connectivity index (χ1) is 8.34. The van der Waals surface area contributed by atoms with E-state index in [0.29, 0.717) is 18.8 Å². The van der Waals surface area contributed by atoms with Gasteiger partial charge in [-0.15, -0.1) is 0 Å². The van der Waals surface area contributed by atoms with E-state index >= 15 is 0 Å². The quantitative estimate of drug-likeness (QED) is 0.789. The van der Waals surface area contributed by atoms with Crippen LogP contribution >= 0.6 is 0 Å². The lowest BCUT2D eigenvalue weighted by atomic mass is 10.4. The molecule has 0 radical (unpaired) electrons. The first kappa shape index (κ1) is 11.2. The fourth-order valence-corrected chi connectivity index (χ4v) is 1.33. The Balaban J connectivity index is 1.71. The standard InChI is InChI=1S/C12H13N3O2/c16-12(4-3-11-2-1-9-17-11)14-6-8-15-7-5-13-10-15/h1-5,7,9-10H,6,8H2,(H,14,16). The van der Waals surface area contributed by atoms with E-state index in [1.807, 2.05) is 10.8 Å². The fourth-order valence-electron chi connectivity index (χ4n) is 1.33. The van der Waals surface area contributed by atoms with E-state index in [4.69, 9.17) is 4.42 Å². The minimum atomic E-state index is -0.137. The van der Waals surface area contributed by atoms with Gasteiger partial charge in [-0.1, -0.05) is 0 Å². The number of carbonyl (C=O) groups is 1. The lowest BCUT2D eigenvalue weighted by Crippen LogP contribution is -2.25. The minimum absolute atomic E-state index is 0.137. The number of nitrogens with zero attached hydrogens (tertiary/aromatic N) is 2. The molecule has 0 unspecified atom stereocenters. The second-order valence-electron chi connectivity index (χ2n) is 3.44. The van der Waals surface area contributed by atoms with Crippen LogP contribution in [0.1, 0.15) is 5.76 Å². The van der Waals surface area contributed by atoms with Crippen molar-refractivity contribution in [2.24, 2.45) is 0 Å². The van der Waals surface area contributed by atoms with Crippen molar-refractivity contribution >= 4 is 12.0 Å². The molecule has 2 heterocycles. The van der Waals surface area contributed by atoms with Gasteiger partial charge in [0.2, 0.25) is 5.91 Å². The van der Waals surface area contributed by atoms with E-state index in [9.17, 15) is 4.79 Å². The van der Waals surface area contributed by atoms with Gasteiger partial charge in [-0.05, 0) is 18.2 Å². The molecule has 0 aliphatic carbocycles. The van der Waals surface area contributed by atoms with Gasteiger partial charge in [0.25, 0.3) is 0 Å². The third-order valence-corrected chi connectivity index (χ3v) is 2.17. The Bertz CT molecular complexity index is 472. The van der Waals surface area contributed by atoms with Crippen molar-refractivity contribution in [2.45, 2.75) is 6.54 Å². The molecule has 88 valence electrons. The highest BCUT2D eigenvalue weighted by Gasteiger charge is 1.96. The summed E-state index contributed by atoms with van der Waals surface area (Å²) in [5.41, 5.74) is 0. The molecule has 17 heavy (non-hydrogen) atoms. The number of nitrogens with one attached hydrogen (secondary N) is 1. The maximum atomic E-state index is 11.4. The molecule has 0 fully saturated rings. The summed E-state index contributed by atoms with van der Waals surface area (Å²) < 4.78 is 6.97. The third kappa shape index (κ3) is 3.64. The summed E-state index contributed by atoms with van der Waals surface area (Å²) >= 11 is 0. The van der Waals surface area contributed by atoms with Crippen LogP contribution in [0.5, 0.6) is 0 Å². The van der Waals surface area contributed by atoms with E-state index in [2.05, 4.69) is 10.3 Å². The summed E-state index contributed by atoms with van der Waals surface area (Å²) in [4.78, 5) is 15.3. The van der Waals surface area contributed by atoms with Gasteiger partial charge >= 0.3 is 0 Å². The minimum Gasteiger partial charge on any atom is -0.465 e. The number of hydrogen-bond acceptors (Lipinski definition) is 3. The molecule has 5 heteroatoms. The van der Waals surface area contributed by atoms with Crippen LogP contribution in [0, 0.1) is 0 Å². The molecule has 0 bridgehead atoms. The summed E-state index contributed by atoms with van der Waals surface area (Å²) in [6.07, 6.45) is 9.92. The Morgan fingerprint density at radius 3 is 3.24 bits per heavy atom. The smallest absolute Gasteiger partial charge is 0.244 e. The molecule has 0 aliphatic heterocycles. The van der Waals surface area contributed by atoms with Crippen LogP contribution in [0.25, 0.3) is 6.08 Å². The first-order valence-corrected chi connectivity index (χ1v) is 5.30. The molecular weight excluding hydrogens is 218 g/mol. The highest BCUT2D eigenvalue weighted by molar-refractivity contribution is 5.91.